The van der Waals surface area contributed by atoms with Crippen LogP contribution in [0.15, 0.2) is 23.7 Å². The lowest BCUT2D eigenvalue weighted by molar-refractivity contribution is 0.605. The minimum Gasteiger partial charge on any atom is -0.369 e. The van der Waals surface area contributed by atoms with E-state index in [1.165, 1.54) is 6.07 Å². The van der Waals surface area contributed by atoms with Crippen molar-refractivity contribution in [2.24, 2.45) is 0 Å². The van der Waals surface area contributed by atoms with Crippen molar-refractivity contribution in [3.63, 3.8) is 0 Å². The van der Waals surface area contributed by atoms with E-state index in [9.17, 15) is 4.39 Å². The molecule has 20 heavy (non-hydrogen) atoms. The van der Waals surface area contributed by atoms with E-state index in [1.807, 2.05) is 32.5 Å². The fourth-order valence-electron chi connectivity index (χ4n) is 2.16. The first kappa shape index (κ1) is 13.7. The zero-order valence-electron chi connectivity index (χ0n) is 10.7. The highest BCUT2D eigenvalue weighted by molar-refractivity contribution is 14.1. The maximum atomic E-state index is 13.7. The van der Waals surface area contributed by atoms with Gasteiger partial charge in [0.15, 0.2) is 0 Å². The molecule has 0 radical (unpaired) electrons. The number of anilines is 1. The summed E-state index contributed by atoms with van der Waals surface area (Å²) in [6, 6.07) is 3.21. The highest BCUT2D eigenvalue weighted by Crippen LogP contribution is 2.26. The Labute approximate surface area is 133 Å². The minimum atomic E-state index is -0.249. The third kappa shape index (κ3) is 2.39. The largest absolute Gasteiger partial charge is 0.369 e. The molecule has 3 aromatic rings. The summed E-state index contributed by atoms with van der Waals surface area (Å²) in [5, 5.41) is 2.99. The summed E-state index contributed by atoms with van der Waals surface area (Å²) < 4.78 is 16.1. The fourth-order valence-corrected chi connectivity index (χ4v) is 3.30. The van der Waals surface area contributed by atoms with Crippen molar-refractivity contribution in [2.45, 2.75) is 19.4 Å². The van der Waals surface area contributed by atoms with Gasteiger partial charge in [-0.1, -0.05) is 6.92 Å². The molecule has 1 atom stereocenters. The van der Waals surface area contributed by atoms with E-state index in [-0.39, 0.29) is 11.7 Å². The first-order chi connectivity index (χ1) is 9.56. The van der Waals surface area contributed by atoms with Crippen molar-refractivity contribution in [1.82, 2.24) is 14.5 Å². The van der Waals surface area contributed by atoms with Crippen molar-refractivity contribution in [1.29, 1.82) is 0 Å². The molecule has 1 unspecified atom stereocenters. The van der Waals surface area contributed by atoms with Gasteiger partial charge in [0.1, 0.15) is 5.82 Å². The van der Waals surface area contributed by atoms with E-state index in [2.05, 4.69) is 16.9 Å². The highest BCUT2D eigenvalue weighted by atomic mass is 127. The number of halogens is 2. The highest BCUT2D eigenvalue weighted by Gasteiger charge is 2.16. The van der Waals surface area contributed by atoms with E-state index in [4.69, 9.17) is 5.73 Å². The summed E-state index contributed by atoms with van der Waals surface area (Å²) in [4.78, 5) is 8.61. The average Bonchev–Trinajstić information content (AvgIpc) is 3.01. The Kier molecular flexibility index (Phi) is 3.63. The number of aromatic nitrogens is 3. The third-order valence-electron chi connectivity index (χ3n) is 3.15. The number of hydrogen-bond acceptors (Lipinski definition) is 4. The molecule has 104 valence electrons. The van der Waals surface area contributed by atoms with Crippen LogP contribution in [0.4, 0.5) is 10.3 Å². The van der Waals surface area contributed by atoms with Crippen LogP contribution in [0, 0.1) is 9.39 Å². The van der Waals surface area contributed by atoms with Gasteiger partial charge in [-0.15, -0.1) is 11.3 Å². The van der Waals surface area contributed by atoms with Gasteiger partial charge in [0.05, 0.1) is 19.6 Å². The standard InChI is InChI=1S/C13H12FIN4S/c1-7(12-17-2-3-20-12)6-19-11-4-8(14)9(15)5-10(11)18-13(19)16/h2-5,7H,6H2,1H3,(H2,16,18). The fraction of sp³-hybridized carbons (Fsp3) is 0.231. The zero-order chi connectivity index (χ0) is 14.3. The lowest BCUT2D eigenvalue weighted by Gasteiger charge is -2.11. The van der Waals surface area contributed by atoms with Gasteiger partial charge in [-0.05, 0) is 28.7 Å². The Bertz CT molecular complexity index is 753. The van der Waals surface area contributed by atoms with Gasteiger partial charge in [0, 0.05) is 30.1 Å². The SMILES string of the molecule is CC(Cn1c(N)nc2cc(I)c(F)cc21)c1nccs1. The summed E-state index contributed by atoms with van der Waals surface area (Å²) in [5.74, 6) is 0.364. The summed E-state index contributed by atoms with van der Waals surface area (Å²) in [6.07, 6.45) is 1.79. The van der Waals surface area contributed by atoms with Gasteiger partial charge < -0.3 is 10.3 Å². The molecule has 2 heterocycles. The normalized spacial score (nSPS) is 12.9. The first-order valence-electron chi connectivity index (χ1n) is 6.06. The summed E-state index contributed by atoms with van der Waals surface area (Å²) >= 11 is 3.56. The maximum absolute atomic E-state index is 13.7. The molecule has 7 heteroatoms. The molecular weight excluding hydrogens is 390 g/mol. The number of nitrogens with two attached hydrogens (primary N) is 1. The average molecular weight is 402 g/mol. The molecule has 2 N–H and O–H groups in total. The van der Waals surface area contributed by atoms with Crippen molar-refractivity contribution in [3.05, 3.63) is 38.1 Å². The van der Waals surface area contributed by atoms with Crippen molar-refractivity contribution >= 4 is 50.9 Å². The number of nitrogen functional groups attached to an aromatic ring is 1. The number of fused-ring (bicyclic) bond motifs is 1. The molecule has 0 amide bonds. The molecule has 0 spiro atoms. The van der Waals surface area contributed by atoms with Crippen LogP contribution in [0.5, 0.6) is 0 Å². The topological polar surface area (TPSA) is 56.7 Å². The lowest BCUT2D eigenvalue weighted by atomic mass is 10.2. The van der Waals surface area contributed by atoms with Crippen LogP contribution >= 0.6 is 33.9 Å². The Balaban J connectivity index is 2.03. The van der Waals surface area contributed by atoms with Gasteiger partial charge in [-0.2, -0.15) is 0 Å². The van der Waals surface area contributed by atoms with E-state index in [0.717, 1.165) is 16.0 Å². The predicted octanol–water partition coefficient (Wildman–Crippen LogP) is 3.62. The minimum absolute atomic E-state index is 0.206. The Morgan fingerprint density at radius 2 is 2.30 bits per heavy atom. The van der Waals surface area contributed by atoms with Crippen LogP contribution < -0.4 is 5.73 Å². The van der Waals surface area contributed by atoms with Crippen LogP contribution in [-0.2, 0) is 6.54 Å². The predicted molar refractivity (Wildman–Crippen MR) is 87.3 cm³/mol. The summed E-state index contributed by atoms with van der Waals surface area (Å²) in [5.41, 5.74) is 7.41. The smallest absolute Gasteiger partial charge is 0.201 e. The van der Waals surface area contributed by atoms with Crippen molar-refractivity contribution < 1.29 is 4.39 Å². The molecule has 0 aliphatic rings. The Hall–Kier alpha value is -1.22. The van der Waals surface area contributed by atoms with E-state index in [1.54, 1.807) is 23.6 Å². The van der Waals surface area contributed by atoms with Gasteiger partial charge in [0.25, 0.3) is 0 Å². The number of thiazole rings is 1. The molecule has 1 aromatic carbocycles. The maximum Gasteiger partial charge on any atom is 0.201 e. The third-order valence-corrected chi connectivity index (χ3v) is 4.98. The number of imidazole rings is 1. The molecule has 0 fully saturated rings. The first-order valence-corrected chi connectivity index (χ1v) is 8.02. The van der Waals surface area contributed by atoms with Crippen molar-refractivity contribution in [2.75, 3.05) is 5.73 Å². The van der Waals surface area contributed by atoms with Gasteiger partial charge >= 0.3 is 0 Å². The Morgan fingerprint density at radius 3 is 3.00 bits per heavy atom. The Morgan fingerprint density at radius 1 is 1.50 bits per heavy atom. The second kappa shape index (κ2) is 5.28. The molecule has 0 aliphatic carbocycles. The molecule has 0 saturated carbocycles. The van der Waals surface area contributed by atoms with E-state index >= 15 is 0 Å². The van der Waals surface area contributed by atoms with Crippen LogP contribution in [0.1, 0.15) is 17.8 Å². The number of rotatable bonds is 3. The number of nitrogens with zero attached hydrogens (tertiary/aromatic N) is 3. The molecule has 0 saturated heterocycles. The van der Waals surface area contributed by atoms with Gasteiger partial charge in [-0.3, -0.25) is 0 Å². The molecule has 4 nitrogen and oxygen atoms in total. The van der Waals surface area contributed by atoms with Gasteiger partial charge in [0.2, 0.25) is 5.95 Å². The number of benzene rings is 1. The van der Waals surface area contributed by atoms with Crippen molar-refractivity contribution in [3.8, 4) is 0 Å². The second-order valence-electron chi connectivity index (χ2n) is 4.61. The van der Waals surface area contributed by atoms with Gasteiger partial charge in [-0.25, -0.2) is 14.4 Å². The molecular formula is C13H12FIN4S. The molecule has 0 bridgehead atoms. The van der Waals surface area contributed by atoms with E-state index < -0.39 is 0 Å². The quantitative estimate of drug-likeness (QED) is 0.681. The molecule has 2 aromatic heterocycles. The van der Waals surface area contributed by atoms with Crippen LogP contribution in [0.2, 0.25) is 0 Å². The summed E-state index contributed by atoms with van der Waals surface area (Å²) in [7, 11) is 0. The second-order valence-corrected chi connectivity index (χ2v) is 6.70. The lowest BCUT2D eigenvalue weighted by Crippen LogP contribution is -2.09. The van der Waals surface area contributed by atoms with E-state index in [0.29, 0.717) is 16.1 Å². The van der Waals surface area contributed by atoms with Crippen LogP contribution in [-0.4, -0.2) is 14.5 Å². The summed E-state index contributed by atoms with van der Waals surface area (Å²) in [6.45, 7) is 2.71. The molecule has 3 rings (SSSR count). The zero-order valence-corrected chi connectivity index (χ0v) is 13.7. The monoisotopic (exact) mass is 402 g/mol. The number of hydrogen-bond donors (Lipinski definition) is 1. The molecule has 0 aliphatic heterocycles. The van der Waals surface area contributed by atoms with Crippen LogP contribution in [0.3, 0.4) is 0 Å². The van der Waals surface area contributed by atoms with Crippen LogP contribution in [0.25, 0.3) is 11.0 Å².